The lowest BCUT2D eigenvalue weighted by Crippen LogP contribution is -2.21. The van der Waals surface area contributed by atoms with Gasteiger partial charge in [0, 0.05) is 29.2 Å². The van der Waals surface area contributed by atoms with Crippen LogP contribution in [0.5, 0.6) is 6.01 Å². The SMILES string of the molecule is CCCCCCCCOc1nc(Nc2cc3sc4cc(=[N+](C)C)ccc-4nc3cc2C)nc(N(c2ccccc2)c2ccccc2)n1. The van der Waals surface area contributed by atoms with Crippen LogP contribution in [0.15, 0.2) is 91.0 Å². The maximum Gasteiger partial charge on any atom is 0.323 e. The lowest BCUT2D eigenvalue weighted by atomic mass is 10.1. The molecular weight excluding hydrogens is 603 g/mol. The minimum absolute atomic E-state index is 0.299. The predicted octanol–water partition coefficient (Wildman–Crippen LogP) is 8.88. The topological polar surface area (TPSA) is 79.1 Å². The molecule has 0 saturated heterocycles. The zero-order valence-corrected chi connectivity index (χ0v) is 28.4. The Balaban J connectivity index is 1.37. The van der Waals surface area contributed by atoms with E-state index >= 15 is 0 Å². The van der Waals surface area contributed by atoms with Crippen LogP contribution in [0.25, 0.3) is 20.8 Å². The van der Waals surface area contributed by atoms with Gasteiger partial charge < -0.3 is 10.1 Å². The van der Waals surface area contributed by atoms with E-state index < -0.39 is 0 Å². The van der Waals surface area contributed by atoms with Crippen LogP contribution in [0.2, 0.25) is 0 Å². The van der Waals surface area contributed by atoms with Gasteiger partial charge in [-0.15, -0.1) is 11.3 Å². The monoisotopic (exact) mass is 644 g/mol. The van der Waals surface area contributed by atoms with Crippen molar-refractivity contribution in [3.63, 3.8) is 0 Å². The highest BCUT2D eigenvalue weighted by molar-refractivity contribution is 7.21. The third-order valence-corrected chi connectivity index (χ3v) is 9.13. The summed E-state index contributed by atoms with van der Waals surface area (Å²) in [5, 5.41) is 4.65. The Labute approximate surface area is 280 Å². The molecule has 0 atom stereocenters. The van der Waals surface area contributed by atoms with Crippen LogP contribution < -0.4 is 24.9 Å². The van der Waals surface area contributed by atoms with Gasteiger partial charge in [0.15, 0.2) is 0 Å². The second-order valence-corrected chi connectivity index (χ2v) is 13.0. The van der Waals surface area contributed by atoms with Crippen molar-refractivity contribution in [1.29, 1.82) is 0 Å². The molecule has 2 aliphatic rings. The van der Waals surface area contributed by atoms with Crippen molar-refractivity contribution < 1.29 is 4.74 Å². The summed E-state index contributed by atoms with van der Waals surface area (Å²) in [6, 6.07) is 31.2. The molecule has 0 bridgehead atoms. The van der Waals surface area contributed by atoms with E-state index in [-0.39, 0.29) is 0 Å². The van der Waals surface area contributed by atoms with Gasteiger partial charge in [0.25, 0.3) is 0 Å². The Morgan fingerprint density at radius 3 is 2.17 bits per heavy atom. The molecule has 0 radical (unpaired) electrons. The molecule has 0 saturated carbocycles. The first-order valence-electron chi connectivity index (χ1n) is 16.4. The number of nitrogens with zero attached hydrogens (tertiary/aromatic N) is 6. The van der Waals surface area contributed by atoms with Crippen molar-refractivity contribution in [2.45, 2.75) is 52.4 Å². The highest BCUT2D eigenvalue weighted by atomic mass is 32.1. The second kappa shape index (κ2) is 15.1. The second-order valence-electron chi connectivity index (χ2n) is 11.9. The number of para-hydroxylation sites is 2. The van der Waals surface area contributed by atoms with E-state index in [1.165, 1.54) is 25.7 Å². The molecule has 2 heterocycles. The third-order valence-electron chi connectivity index (χ3n) is 8.03. The van der Waals surface area contributed by atoms with E-state index in [0.717, 1.165) is 61.6 Å². The molecule has 6 rings (SSSR count). The van der Waals surface area contributed by atoms with Crippen LogP contribution >= 0.6 is 11.3 Å². The zero-order valence-electron chi connectivity index (χ0n) is 27.6. The Hall–Kier alpha value is -4.89. The van der Waals surface area contributed by atoms with Crippen LogP contribution in [0, 0.1) is 6.92 Å². The molecule has 9 heteroatoms. The molecule has 1 aliphatic heterocycles. The third kappa shape index (κ3) is 7.92. The fraction of sp³-hybridized carbons (Fsp3) is 0.289. The van der Waals surface area contributed by atoms with Gasteiger partial charge in [-0.25, -0.2) is 9.56 Å². The van der Waals surface area contributed by atoms with E-state index in [0.29, 0.717) is 24.5 Å². The molecule has 1 aliphatic carbocycles. The summed E-state index contributed by atoms with van der Waals surface area (Å²) in [6.45, 7) is 4.86. The van der Waals surface area contributed by atoms with Crippen LogP contribution in [-0.4, -0.2) is 40.6 Å². The molecule has 0 unspecified atom stereocenters. The van der Waals surface area contributed by atoms with Gasteiger partial charge in [-0.2, -0.15) is 15.0 Å². The average Bonchev–Trinajstić information content (AvgIpc) is 3.08. The molecule has 3 aromatic carbocycles. The van der Waals surface area contributed by atoms with E-state index in [2.05, 4.69) is 92.4 Å². The molecule has 0 spiro atoms. The fourth-order valence-corrected chi connectivity index (χ4v) is 6.47. The number of aryl methyl sites for hydroxylation is 1. The summed E-state index contributed by atoms with van der Waals surface area (Å²) in [4.78, 5) is 22.7. The van der Waals surface area contributed by atoms with Crippen LogP contribution in [0.1, 0.15) is 51.0 Å². The number of rotatable bonds is 13. The van der Waals surface area contributed by atoms with E-state index in [1.54, 1.807) is 11.3 Å². The number of ether oxygens (including phenoxy) is 1. The summed E-state index contributed by atoms with van der Waals surface area (Å²) in [6.07, 6.45) is 7.07. The van der Waals surface area contributed by atoms with Crippen molar-refractivity contribution in [2.75, 3.05) is 30.9 Å². The molecule has 0 fully saturated rings. The number of hydrogen-bond acceptors (Lipinski definition) is 8. The summed E-state index contributed by atoms with van der Waals surface area (Å²) >= 11 is 1.73. The quantitative estimate of drug-likeness (QED) is 0.0764. The Kier molecular flexibility index (Phi) is 10.3. The number of benzene rings is 4. The summed E-state index contributed by atoms with van der Waals surface area (Å²) in [7, 11) is 4.11. The number of nitrogens with one attached hydrogen (secondary N) is 1. The summed E-state index contributed by atoms with van der Waals surface area (Å²) in [5.41, 5.74) is 5.78. The average molecular weight is 645 g/mol. The highest BCUT2D eigenvalue weighted by Crippen LogP contribution is 2.35. The first-order chi connectivity index (χ1) is 23.0. The lowest BCUT2D eigenvalue weighted by molar-refractivity contribution is 0.281. The molecule has 240 valence electrons. The Morgan fingerprint density at radius 2 is 1.47 bits per heavy atom. The van der Waals surface area contributed by atoms with Crippen LogP contribution in [0.3, 0.4) is 0 Å². The molecule has 1 N–H and O–H groups in total. The summed E-state index contributed by atoms with van der Waals surface area (Å²) in [5.74, 6) is 0.892. The predicted molar refractivity (Wildman–Crippen MR) is 195 cm³/mol. The standard InChI is InChI=1S/C38H41N7OS/c1-5-6-7-8-9-16-23-46-38-42-36(41-37(43-38)45(28-17-12-10-13-18-28)29-19-14-11-15-20-29)40-32-26-35-33(24-27(32)2)39-31-22-21-30(44(3)4)25-34(31)47-35/h10-15,17-22,24-26H,5-9,16,23H2,1-4H3/p+1. The maximum atomic E-state index is 6.19. The van der Waals surface area contributed by atoms with Gasteiger partial charge in [-0.3, -0.25) is 4.90 Å². The first-order valence-corrected chi connectivity index (χ1v) is 17.2. The Morgan fingerprint density at radius 1 is 0.766 bits per heavy atom. The number of aromatic nitrogens is 4. The van der Waals surface area contributed by atoms with Crippen molar-refractivity contribution in [1.82, 2.24) is 24.5 Å². The molecular formula is C38H42N7OS+. The molecule has 8 nitrogen and oxygen atoms in total. The van der Waals surface area contributed by atoms with Gasteiger partial charge in [0.2, 0.25) is 17.3 Å². The van der Waals surface area contributed by atoms with Gasteiger partial charge >= 0.3 is 6.01 Å². The lowest BCUT2D eigenvalue weighted by Gasteiger charge is -2.23. The Bertz CT molecular complexity index is 1930. The number of anilines is 5. The minimum atomic E-state index is 0.299. The van der Waals surface area contributed by atoms with Crippen molar-refractivity contribution >= 4 is 50.5 Å². The van der Waals surface area contributed by atoms with Crippen molar-refractivity contribution in [3.8, 4) is 16.6 Å². The molecule has 47 heavy (non-hydrogen) atoms. The van der Waals surface area contributed by atoms with Crippen molar-refractivity contribution in [2.24, 2.45) is 0 Å². The fourth-order valence-electron chi connectivity index (χ4n) is 5.45. The van der Waals surface area contributed by atoms with Gasteiger partial charge in [0.05, 0.1) is 27.4 Å². The van der Waals surface area contributed by atoms with Gasteiger partial charge in [0.1, 0.15) is 14.1 Å². The maximum absolute atomic E-state index is 6.19. The van der Waals surface area contributed by atoms with Crippen LogP contribution in [-0.2, 0) is 0 Å². The van der Waals surface area contributed by atoms with Crippen molar-refractivity contribution in [3.05, 3.63) is 102 Å². The molecule has 1 aromatic heterocycles. The first kappa shape index (κ1) is 32.1. The van der Waals surface area contributed by atoms with E-state index in [9.17, 15) is 0 Å². The normalized spacial score (nSPS) is 11.1. The highest BCUT2D eigenvalue weighted by Gasteiger charge is 2.19. The van der Waals surface area contributed by atoms with Gasteiger partial charge in [-0.05, 0) is 61.4 Å². The molecule has 0 amide bonds. The number of hydrogen-bond donors (Lipinski definition) is 1. The zero-order chi connectivity index (χ0) is 32.6. The summed E-state index contributed by atoms with van der Waals surface area (Å²) < 4.78 is 9.37. The van der Waals surface area contributed by atoms with E-state index in [4.69, 9.17) is 24.7 Å². The number of unbranched alkanes of at least 4 members (excludes halogenated alkanes) is 5. The minimum Gasteiger partial charge on any atom is -0.463 e. The van der Waals surface area contributed by atoms with E-state index in [1.807, 2.05) is 41.3 Å². The largest absolute Gasteiger partial charge is 0.463 e. The number of fused-ring (bicyclic) bond motifs is 2. The van der Waals surface area contributed by atoms with Crippen LogP contribution in [0.4, 0.5) is 29.0 Å². The smallest absolute Gasteiger partial charge is 0.323 e. The molecule has 4 aromatic rings. The van der Waals surface area contributed by atoms with Gasteiger partial charge in [-0.1, -0.05) is 75.4 Å².